The summed E-state index contributed by atoms with van der Waals surface area (Å²) >= 11 is 0. The van der Waals surface area contributed by atoms with E-state index >= 15 is 0 Å². The molecule has 6 heteroatoms. The molecule has 4 rings (SSSR count). The van der Waals surface area contributed by atoms with Gasteiger partial charge in [-0.25, -0.2) is 0 Å². The van der Waals surface area contributed by atoms with Crippen LogP contribution in [0.4, 0.5) is 0 Å². The van der Waals surface area contributed by atoms with Gasteiger partial charge in [0.05, 0.1) is 19.1 Å². The lowest BCUT2D eigenvalue weighted by Crippen LogP contribution is -2.28. The Bertz CT molecular complexity index is 981. The van der Waals surface area contributed by atoms with Crippen molar-refractivity contribution in [3.63, 3.8) is 0 Å². The van der Waals surface area contributed by atoms with Crippen LogP contribution in [-0.2, 0) is 4.79 Å². The van der Waals surface area contributed by atoms with E-state index in [4.69, 9.17) is 9.26 Å². The van der Waals surface area contributed by atoms with E-state index in [1.54, 1.807) is 7.11 Å². The van der Waals surface area contributed by atoms with Gasteiger partial charge < -0.3 is 14.2 Å². The van der Waals surface area contributed by atoms with Crippen molar-refractivity contribution in [2.24, 2.45) is 0 Å². The maximum Gasteiger partial charge on any atom is 0.232 e. The number of carbonyl (C=O) groups is 1. The molecule has 3 aromatic rings. The van der Waals surface area contributed by atoms with Crippen LogP contribution in [0.25, 0.3) is 11.4 Å². The van der Waals surface area contributed by atoms with E-state index in [0.717, 1.165) is 22.4 Å². The fourth-order valence-corrected chi connectivity index (χ4v) is 3.64. The monoisotopic (exact) mass is 377 g/mol. The molecule has 2 heterocycles. The van der Waals surface area contributed by atoms with Crippen molar-refractivity contribution < 1.29 is 14.1 Å². The molecule has 1 saturated heterocycles. The van der Waals surface area contributed by atoms with Crippen LogP contribution in [0.1, 0.15) is 42.3 Å². The highest BCUT2D eigenvalue weighted by atomic mass is 16.5. The second-order valence-corrected chi connectivity index (χ2v) is 7.22. The van der Waals surface area contributed by atoms with Gasteiger partial charge in [-0.1, -0.05) is 41.1 Å². The van der Waals surface area contributed by atoms with Gasteiger partial charge in [-0.15, -0.1) is 0 Å². The molecule has 2 unspecified atom stereocenters. The second kappa shape index (κ2) is 7.46. The smallest absolute Gasteiger partial charge is 0.232 e. The van der Waals surface area contributed by atoms with Crippen molar-refractivity contribution in [1.82, 2.24) is 15.0 Å². The molecule has 0 N–H and O–H groups in total. The highest BCUT2D eigenvalue weighted by Crippen LogP contribution is 2.34. The molecule has 1 aliphatic rings. The van der Waals surface area contributed by atoms with Gasteiger partial charge in [0.25, 0.3) is 0 Å². The number of aryl methyl sites for hydroxylation is 1. The maximum absolute atomic E-state index is 12.6. The minimum absolute atomic E-state index is 0.0254. The molecule has 6 nitrogen and oxygen atoms in total. The Labute approximate surface area is 164 Å². The van der Waals surface area contributed by atoms with Crippen molar-refractivity contribution in [2.45, 2.75) is 32.2 Å². The first kappa shape index (κ1) is 18.2. The van der Waals surface area contributed by atoms with E-state index in [9.17, 15) is 4.79 Å². The van der Waals surface area contributed by atoms with Gasteiger partial charge in [0.15, 0.2) is 0 Å². The molecule has 0 spiro atoms. The maximum atomic E-state index is 12.6. The van der Waals surface area contributed by atoms with E-state index in [1.165, 1.54) is 0 Å². The van der Waals surface area contributed by atoms with Crippen LogP contribution in [0.15, 0.2) is 53.1 Å². The second-order valence-electron chi connectivity index (χ2n) is 7.22. The number of aromatic nitrogens is 2. The number of likely N-dealkylation sites (tertiary alicyclic amines) is 1. The van der Waals surface area contributed by atoms with Crippen molar-refractivity contribution in [2.75, 3.05) is 13.7 Å². The van der Waals surface area contributed by atoms with E-state index in [1.807, 2.05) is 67.3 Å². The van der Waals surface area contributed by atoms with Crippen molar-refractivity contribution in [1.29, 1.82) is 0 Å². The van der Waals surface area contributed by atoms with Crippen molar-refractivity contribution in [3.8, 4) is 17.1 Å². The third-order valence-electron chi connectivity index (χ3n) is 5.29. The predicted octanol–water partition coefficient (Wildman–Crippen LogP) is 4.13. The number of nitrogens with zero attached hydrogens (tertiary/aromatic N) is 3. The summed E-state index contributed by atoms with van der Waals surface area (Å²) in [5, 5.41) is 4.11. The Kier molecular flexibility index (Phi) is 4.86. The molecule has 1 aliphatic heterocycles. The zero-order chi connectivity index (χ0) is 19.7. The summed E-state index contributed by atoms with van der Waals surface area (Å²) in [7, 11) is 1.64. The molecule has 2 aromatic carbocycles. The SMILES string of the molecule is COc1ccc(C(C)N2CC(c3nc(-c4cccc(C)c4)no3)CC2=O)cc1. The van der Waals surface area contributed by atoms with Crippen molar-refractivity contribution >= 4 is 5.91 Å². The Morgan fingerprint density at radius 3 is 2.71 bits per heavy atom. The standard InChI is InChI=1S/C22H23N3O3/c1-14-5-4-6-17(11-14)21-23-22(28-24-21)18-12-20(26)25(13-18)15(2)16-7-9-19(27-3)10-8-16/h4-11,15,18H,12-13H2,1-3H3. The summed E-state index contributed by atoms with van der Waals surface area (Å²) in [6.45, 7) is 4.63. The summed E-state index contributed by atoms with van der Waals surface area (Å²) in [4.78, 5) is 19.1. The Hall–Kier alpha value is -3.15. The molecular formula is C22H23N3O3. The van der Waals surface area contributed by atoms with Crippen LogP contribution >= 0.6 is 0 Å². The Morgan fingerprint density at radius 1 is 1.21 bits per heavy atom. The van der Waals surface area contributed by atoms with Gasteiger partial charge in [0.2, 0.25) is 17.6 Å². The summed E-state index contributed by atoms with van der Waals surface area (Å²) in [6, 6.07) is 15.8. The third-order valence-corrected chi connectivity index (χ3v) is 5.29. The van der Waals surface area contributed by atoms with Crippen LogP contribution in [0.5, 0.6) is 5.75 Å². The number of rotatable bonds is 5. The number of hydrogen-bond acceptors (Lipinski definition) is 5. The minimum atomic E-state index is -0.0840. The molecule has 0 radical (unpaired) electrons. The Balaban J connectivity index is 1.50. The number of carbonyl (C=O) groups excluding carboxylic acids is 1. The number of ether oxygens (including phenoxy) is 1. The lowest BCUT2D eigenvalue weighted by Gasteiger charge is -2.25. The molecular weight excluding hydrogens is 354 g/mol. The van der Waals surface area contributed by atoms with Crippen LogP contribution in [0, 0.1) is 6.92 Å². The first-order valence-corrected chi connectivity index (χ1v) is 9.39. The summed E-state index contributed by atoms with van der Waals surface area (Å²) in [5.74, 6) is 1.90. The quantitative estimate of drug-likeness (QED) is 0.669. The molecule has 0 saturated carbocycles. The molecule has 2 atom stereocenters. The predicted molar refractivity (Wildman–Crippen MR) is 105 cm³/mol. The van der Waals surface area contributed by atoms with Gasteiger partial charge in [-0.3, -0.25) is 4.79 Å². The molecule has 1 fully saturated rings. The largest absolute Gasteiger partial charge is 0.497 e. The lowest BCUT2D eigenvalue weighted by atomic mass is 10.1. The number of hydrogen-bond donors (Lipinski definition) is 0. The summed E-state index contributed by atoms with van der Waals surface area (Å²) in [6.07, 6.45) is 0.385. The molecule has 0 bridgehead atoms. The highest BCUT2D eigenvalue weighted by Gasteiger charge is 2.37. The first-order valence-electron chi connectivity index (χ1n) is 9.39. The lowest BCUT2D eigenvalue weighted by molar-refractivity contribution is -0.129. The van der Waals surface area contributed by atoms with Crippen LogP contribution in [0.3, 0.4) is 0 Å². The molecule has 1 amide bonds. The highest BCUT2D eigenvalue weighted by molar-refractivity contribution is 5.80. The van der Waals surface area contributed by atoms with Crippen LogP contribution in [0.2, 0.25) is 0 Å². The normalized spacial score (nSPS) is 17.8. The third kappa shape index (κ3) is 3.50. The van der Waals surface area contributed by atoms with Gasteiger partial charge in [-0.2, -0.15) is 4.98 Å². The topological polar surface area (TPSA) is 68.5 Å². The van der Waals surface area contributed by atoms with Gasteiger partial charge in [0.1, 0.15) is 5.75 Å². The average Bonchev–Trinajstić information content (AvgIpc) is 3.34. The van der Waals surface area contributed by atoms with Crippen LogP contribution in [-0.4, -0.2) is 34.6 Å². The van der Waals surface area contributed by atoms with Gasteiger partial charge >= 0.3 is 0 Å². The van der Waals surface area contributed by atoms with Crippen molar-refractivity contribution in [3.05, 3.63) is 65.5 Å². The zero-order valence-corrected chi connectivity index (χ0v) is 16.3. The average molecular weight is 377 g/mol. The van der Waals surface area contributed by atoms with E-state index < -0.39 is 0 Å². The van der Waals surface area contributed by atoms with Gasteiger partial charge in [0, 0.05) is 18.5 Å². The fourth-order valence-electron chi connectivity index (χ4n) is 3.64. The summed E-state index contributed by atoms with van der Waals surface area (Å²) in [5.41, 5.74) is 3.13. The molecule has 144 valence electrons. The molecule has 0 aliphatic carbocycles. The number of benzene rings is 2. The minimum Gasteiger partial charge on any atom is -0.497 e. The van der Waals surface area contributed by atoms with Gasteiger partial charge in [-0.05, 0) is 37.6 Å². The molecule has 1 aromatic heterocycles. The Morgan fingerprint density at radius 2 is 2.00 bits per heavy atom. The number of methoxy groups -OCH3 is 1. The fraction of sp³-hybridized carbons (Fsp3) is 0.318. The van der Waals surface area contributed by atoms with E-state index in [-0.39, 0.29) is 17.9 Å². The zero-order valence-electron chi connectivity index (χ0n) is 16.3. The van der Waals surface area contributed by atoms with E-state index in [0.29, 0.717) is 24.7 Å². The number of amides is 1. The molecule has 28 heavy (non-hydrogen) atoms. The van der Waals surface area contributed by atoms with Crippen LogP contribution < -0.4 is 4.74 Å². The van der Waals surface area contributed by atoms with E-state index in [2.05, 4.69) is 10.1 Å². The first-order chi connectivity index (χ1) is 13.5. The summed E-state index contributed by atoms with van der Waals surface area (Å²) < 4.78 is 10.7.